The first-order valence-electron chi connectivity index (χ1n) is 11.2. The fraction of sp³-hybridized carbons (Fsp3) is 0.276. The highest BCUT2D eigenvalue weighted by Crippen LogP contribution is 2.24. The van der Waals surface area contributed by atoms with E-state index in [0.29, 0.717) is 28.9 Å². The van der Waals surface area contributed by atoms with Crippen molar-refractivity contribution in [2.45, 2.75) is 27.2 Å². The second kappa shape index (κ2) is 13.1. The Morgan fingerprint density at radius 3 is 1.60 bits per heavy atom. The predicted octanol–water partition coefficient (Wildman–Crippen LogP) is 5.27. The lowest BCUT2D eigenvalue weighted by molar-refractivity contribution is -0.144. The molecule has 0 atom stereocenters. The number of ether oxygens (including phenoxy) is 3. The maximum atomic E-state index is 11.8. The molecule has 0 aliphatic carbocycles. The Hall–Kier alpha value is -3.93. The van der Waals surface area contributed by atoms with Crippen LogP contribution in [0.3, 0.4) is 0 Å². The SMILES string of the molecule is C=C(C)C(=O)COc1ccc(-c2ccc(CC(COC(=O)C(=C)C)COC(=O)C(=C)C)cc2)cc1. The molecule has 6 nitrogen and oxygen atoms in total. The fourth-order valence-electron chi connectivity index (χ4n) is 2.98. The zero-order chi connectivity index (χ0) is 26.0. The van der Waals surface area contributed by atoms with Crippen molar-refractivity contribution in [1.29, 1.82) is 0 Å². The third kappa shape index (κ3) is 9.08. The van der Waals surface area contributed by atoms with Gasteiger partial charge in [0.15, 0.2) is 12.4 Å². The molecular formula is C29H32O6. The van der Waals surface area contributed by atoms with Crippen LogP contribution in [-0.2, 0) is 30.3 Å². The summed E-state index contributed by atoms with van der Waals surface area (Å²) in [6.07, 6.45) is 0.552. The van der Waals surface area contributed by atoms with Gasteiger partial charge in [-0.25, -0.2) is 9.59 Å². The highest BCUT2D eigenvalue weighted by molar-refractivity contribution is 5.95. The second-order valence-corrected chi connectivity index (χ2v) is 8.54. The van der Waals surface area contributed by atoms with Crippen LogP contribution < -0.4 is 4.74 Å². The van der Waals surface area contributed by atoms with Crippen LogP contribution in [0.5, 0.6) is 5.75 Å². The van der Waals surface area contributed by atoms with E-state index >= 15 is 0 Å². The molecule has 0 saturated heterocycles. The number of carbonyl (C=O) groups excluding carboxylic acids is 3. The maximum Gasteiger partial charge on any atom is 0.333 e. The molecular weight excluding hydrogens is 444 g/mol. The quantitative estimate of drug-likeness (QED) is 0.289. The van der Waals surface area contributed by atoms with E-state index in [9.17, 15) is 14.4 Å². The van der Waals surface area contributed by atoms with Crippen molar-refractivity contribution in [3.63, 3.8) is 0 Å². The van der Waals surface area contributed by atoms with Crippen molar-refractivity contribution in [1.82, 2.24) is 0 Å². The van der Waals surface area contributed by atoms with Crippen LogP contribution >= 0.6 is 0 Å². The fourth-order valence-corrected chi connectivity index (χ4v) is 2.98. The molecule has 0 heterocycles. The largest absolute Gasteiger partial charge is 0.485 e. The summed E-state index contributed by atoms with van der Waals surface area (Å²) in [5.41, 5.74) is 4.10. The van der Waals surface area contributed by atoms with Gasteiger partial charge in [-0.1, -0.05) is 56.1 Å². The smallest absolute Gasteiger partial charge is 0.333 e. The number of hydrogen-bond acceptors (Lipinski definition) is 6. The van der Waals surface area contributed by atoms with Gasteiger partial charge in [-0.3, -0.25) is 4.79 Å². The van der Waals surface area contributed by atoms with E-state index in [1.807, 2.05) is 48.5 Å². The van der Waals surface area contributed by atoms with Crippen LogP contribution in [0.1, 0.15) is 26.3 Å². The van der Waals surface area contributed by atoms with E-state index in [1.54, 1.807) is 20.8 Å². The van der Waals surface area contributed by atoms with Crippen molar-refractivity contribution in [2.75, 3.05) is 19.8 Å². The molecule has 35 heavy (non-hydrogen) atoms. The van der Waals surface area contributed by atoms with Crippen LogP contribution in [0.15, 0.2) is 85.0 Å². The highest BCUT2D eigenvalue weighted by Gasteiger charge is 2.17. The molecule has 0 aliphatic heterocycles. The topological polar surface area (TPSA) is 78.9 Å². The van der Waals surface area contributed by atoms with E-state index in [4.69, 9.17) is 14.2 Å². The Labute approximate surface area is 206 Å². The first-order chi connectivity index (χ1) is 16.6. The molecule has 0 aliphatic rings. The van der Waals surface area contributed by atoms with Gasteiger partial charge >= 0.3 is 11.9 Å². The lowest BCUT2D eigenvalue weighted by Gasteiger charge is -2.18. The van der Waals surface area contributed by atoms with Gasteiger partial charge in [0.25, 0.3) is 0 Å². The van der Waals surface area contributed by atoms with Crippen LogP contribution in [-0.4, -0.2) is 37.5 Å². The van der Waals surface area contributed by atoms with Gasteiger partial charge in [0, 0.05) is 17.1 Å². The van der Waals surface area contributed by atoms with E-state index in [-0.39, 0.29) is 31.5 Å². The van der Waals surface area contributed by atoms with Crippen LogP contribution in [0.25, 0.3) is 11.1 Å². The summed E-state index contributed by atoms with van der Waals surface area (Å²) >= 11 is 0. The normalized spacial score (nSPS) is 10.4. The molecule has 0 aromatic heterocycles. The Morgan fingerprint density at radius 1 is 0.714 bits per heavy atom. The average Bonchev–Trinajstić information content (AvgIpc) is 2.84. The highest BCUT2D eigenvalue weighted by atomic mass is 16.5. The zero-order valence-corrected chi connectivity index (χ0v) is 20.6. The van der Waals surface area contributed by atoms with Crippen LogP contribution in [0.2, 0.25) is 0 Å². The zero-order valence-electron chi connectivity index (χ0n) is 20.6. The minimum atomic E-state index is -0.479. The molecule has 0 saturated carbocycles. The van der Waals surface area contributed by atoms with Gasteiger partial charge in [-0.05, 0) is 61.6 Å². The molecule has 2 aromatic carbocycles. The summed E-state index contributed by atoms with van der Waals surface area (Å²) in [6, 6.07) is 15.4. The van der Waals surface area contributed by atoms with Crippen molar-refractivity contribution >= 4 is 17.7 Å². The Balaban J connectivity index is 2.03. The molecule has 0 unspecified atom stereocenters. The molecule has 0 N–H and O–H groups in total. The number of benzene rings is 2. The number of carbonyl (C=O) groups is 3. The summed E-state index contributed by atoms with van der Waals surface area (Å²) in [7, 11) is 0. The predicted molar refractivity (Wildman–Crippen MR) is 136 cm³/mol. The maximum absolute atomic E-state index is 11.8. The minimum Gasteiger partial charge on any atom is -0.485 e. The lowest BCUT2D eigenvalue weighted by Crippen LogP contribution is -2.23. The Morgan fingerprint density at radius 2 is 1.17 bits per heavy atom. The number of ketones is 1. The van der Waals surface area contributed by atoms with E-state index in [1.165, 1.54) is 0 Å². The molecule has 0 radical (unpaired) electrons. The van der Waals surface area contributed by atoms with E-state index in [2.05, 4.69) is 19.7 Å². The van der Waals surface area contributed by atoms with Gasteiger partial charge in [0.2, 0.25) is 0 Å². The van der Waals surface area contributed by atoms with Crippen molar-refractivity contribution in [2.24, 2.45) is 5.92 Å². The molecule has 0 bridgehead atoms. The van der Waals surface area contributed by atoms with Crippen molar-refractivity contribution in [3.05, 3.63) is 90.6 Å². The standard InChI is InChI=1S/C29H32O6/c1-19(2)27(30)18-33-26-13-11-25(12-14-26)24-9-7-22(8-10-24)15-23(16-34-28(31)20(3)4)17-35-29(32)21(5)6/h7-14,23H,1,3,5,15-18H2,2,4,6H3. The molecule has 2 rings (SSSR count). The lowest BCUT2D eigenvalue weighted by atomic mass is 9.98. The second-order valence-electron chi connectivity index (χ2n) is 8.54. The average molecular weight is 477 g/mol. The summed E-state index contributed by atoms with van der Waals surface area (Å²) in [4.78, 5) is 35.2. The number of esters is 2. The Kier molecular flexibility index (Phi) is 10.2. The minimum absolute atomic E-state index is 0.0338. The van der Waals surface area contributed by atoms with E-state index < -0.39 is 11.9 Å². The number of rotatable bonds is 13. The van der Waals surface area contributed by atoms with Crippen molar-refractivity contribution in [3.8, 4) is 16.9 Å². The Bertz CT molecular complexity index is 1060. The number of hydrogen-bond donors (Lipinski definition) is 0. The first kappa shape index (κ1) is 27.3. The van der Waals surface area contributed by atoms with Crippen molar-refractivity contribution < 1.29 is 28.6 Å². The molecule has 0 spiro atoms. The summed E-state index contributed by atoms with van der Waals surface area (Å²) in [5.74, 6) is -0.699. The molecule has 0 amide bonds. The molecule has 2 aromatic rings. The van der Waals surface area contributed by atoms with E-state index in [0.717, 1.165) is 16.7 Å². The van der Waals surface area contributed by atoms with Gasteiger partial charge in [0.1, 0.15) is 5.75 Å². The summed E-state index contributed by atoms with van der Waals surface area (Å²) in [6.45, 7) is 15.8. The third-order valence-corrected chi connectivity index (χ3v) is 5.11. The monoisotopic (exact) mass is 476 g/mol. The number of Topliss-reactive ketones (excluding diaryl/α,β-unsaturated/α-hetero) is 1. The molecule has 0 fully saturated rings. The van der Waals surface area contributed by atoms with Crippen LogP contribution in [0, 0.1) is 5.92 Å². The van der Waals surface area contributed by atoms with Crippen LogP contribution in [0.4, 0.5) is 0 Å². The third-order valence-electron chi connectivity index (χ3n) is 5.11. The first-order valence-corrected chi connectivity index (χ1v) is 11.2. The summed E-state index contributed by atoms with van der Waals surface area (Å²) < 4.78 is 16.1. The van der Waals surface area contributed by atoms with Gasteiger partial charge in [-0.2, -0.15) is 0 Å². The summed E-state index contributed by atoms with van der Waals surface area (Å²) in [5, 5.41) is 0. The van der Waals surface area contributed by atoms with Gasteiger partial charge < -0.3 is 14.2 Å². The molecule has 6 heteroatoms. The van der Waals surface area contributed by atoms with Gasteiger partial charge in [-0.15, -0.1) is 0 Å². The molecule has 184 valence electrons. The van der Waals surface area contributed by atoms with Gasteiger partial charge in [0.05, 0.1) is 13.2 Å².